The number of anilines is 1. The predicted molar refractivity (Wildman–Crippen MR) is 68.5 cm³/mol. The van der Waals surface area contributed by atoms with E-state index in [9.17, 15) is 4.79 Å². The highest BCUT2D eigenvalue weighted by Gasteiger charge is 2.28. The minimum absolute atomic E-state index is 0.0289. The smallest absolute Gasteiger partial charge is 0.294 e. The van der Waals surface area contributed by atoms with Crippen LogP contribution in [0.5, 0.6) is 0 Å². The molecule has 3 rings (SSSR count). The van der Waals surface area contributed by atoms with Crippen molar-refractivity contribution in [3.63, 3.8) is 0 Å². The summed E-state index contributed by atoms with van der Waals surface area (Å²) < 4.78 is 5.17. The maximum absolute atomic E-state index is 12.3. The molecule has 18 heavy (non-hydrogen) atoms. The van der Waals surface area contributed by atoms with E-state index in [2.05, 4.69) is 0 Å². The average molecular weight is 242 g/mol. The van der Waals surface area contributed by atoms with Crippen molar-refractivity contribution in [2.75, 3.05) is 11.4 Å². The van der Waals surface area contributed by atoms with E-state index in [1.165, 1.54) is 6.26 Å². The minimum Gasteiger partial charge on any atom is -0.459 e. The number of hydrogen-bond acceptors (Lipinski definition) is 3. The van der Waals surface area contributed by atoms with Gasteiger partial charge in [0.15, 0.2) is 5.76 Å². The summed E-state index contributed by atoms with van der Waals surface area (Å²) in [6.45, 7) is 0.524. The van der Waals surface area contributed by atoms with Gasteiger partial charge < -0.3 is 15.1 Å². The number of rotatable bonds is 1. The van der Waals surface area contributed by atoms with Crippen LogP contribution in [0, 0.1) is 0 Å². The molecule has 0 saturated heterocycles. The first-order chi connectivity index (χ1) is 8.75. The van der Waals surface area contributed by atoms with E-state index in [1.54, 1.807) is 17.0 Å². The molecule has 0 bridgehead atoms. The molecule has 92 valence electrons. The van der Waals surface area contributed by atoms with Gasteiger partial charge in [-0.3, -0.25) is 4.79 Å². The van der Waals surface area contributed by atoms with E-state index < -0.39 is 0 Å². The topological polar surface area (TPSA) is 59.5 Å². The zero-order valence-electron chi connectivity index (χ0n) is 9.87. The highest BCUT2D eigenvalue weighted by molar-refractivity contribution is 6.05. The third-order valence-corrected chi connectivity index (χ3v) is 3.16. The molecular weight excluding hydrogens is 228 g/mol. The summed E-state index contributed by atoms with van der Waals surface area (Å²) in [6.07, 6.45) is 2.31. The van der Waals surface area contributed by atoms with E-state index in [1.807, 2.05) is 24.3 Å². The van der Waals surface area contributed by atoms with E-state index >= 15 is 0 Å². The number of amides is 1. The van der Waals surface area contributed by atoms with Crippen molar-refractivity contribution in [2.24, 2.45) is 5.73 Å². The number of furan rings is 1. The summed E-state index contributed by atoms with van der Waals surface area (Å²) in [5.41, 5.74) is 8.05. The van der Waals surface area contributed by atoms with Gasteiger partial charge in [-0.05, 0) is 30.2 Å². The van der Waals surface area contributed by atoms with Crippen LogP contribution in [0.3, 0.4) is 0 Å². The zero-order chi connectivity index (χ0) is 12.5. The molecule has 1 amide bonds. The largest absolute Gasteiger partial charge is 0.459 e. The first-order valence-electron chi connectivity index (χ1n) is 5.94. The van der Waals surface area contributed by atoms with Gasteiger partial charge >= 0.3 is 0 Å². The number of fused-ring (bicyclic) bond motifs is 1. The van der Waals surface area contributed by atoms with Gasteiger partial charge in [-0.25, -0.2) is 0 Å². The second kappa shape index (κ2) is 4.31. The van der Waals surface area contributed by atoms with E-state index in [4.69, 9.17) is 10.2 Å². The fourth-order valence-corrected chi connectivity index (χ4v) is 2.35. The lowest BCUT2D eigenvalue weighted by Crippen LogP contribution is -2.46. The maximum atomic E-state index is 12.3. The lowest BCUT2D eigenvalue weighted by Gasteiger charge is -2.32. The lowest BCUT2D eigenvalue weighted by molar-refractivity contribution is 0.0956. The summed E-state index contributed by atoms with van der Waals surface area (Å²) in [4.78, 5) is 14.0. The van der Waals surface area contributed by atoms with Crippen LogP contribution in [0.2, 0.25) is 0 Å². The molecule has 4 nitrogen and oxygen atoms in total. The molecule has 1 aromatic carbocycles. The summed E-state index contributed by atoms with van der Waals surface area (Å²) >= 11 is 0. The molecule has 0 fully saturated rings. The molecule has 1 atom stereocenters. The molecule has 0 saturated carbocycles. The number of benzene rings is 1. The van der Waals surface area contributed by atoms with Crippen LogP contribution in [0.4, 0.5) is 5.69 Å². The van der Waals surface area contributed by atoms with E-state index in [0.717, 1.165) is 17.7 Å². The molecule has 1 aliphatic heterocycles. The van der Waals surface area contributed by atoms with Gasteiger partial charge in [0, 0.05) is 18.3 Å². The van der Waals surface area contributed by atoms with Gasteiger partial charge in [0.2, 0.25) is 0 Å². The van der Waals surface area contributed by atoms with Gasteiger partial charge in [0.1, 0.15) is 0 Å². The third kappa shape index (κ3) is 1.80. The van der Waals surface area contributed by atoms with Crippen molar-refractivity contribution in [3.05, 3.63) is 54.0 Å². The molecule has 0 radical (unpaired) electrons. The maximum Gasteiger partial charge on any atom is 0.294 e. The molecular formula is C14H14N2O2. The summed E-state index contributed by atoms with van der Waals surface area (Å²) in [7, 11) is 0. The Morgan fingerprint density at radius 3 is 2.89 bits per heavy atom. The monoisotopic (exact) mass is 242 g/mol. The molecule has 1 aliphatic rings. The Balaban J connectivity index is 2.00. The van der Waals surface area contributed by atoms with Crippen LogP contribution < -0.4 is 10.6 Å². The van der Waals surface area contributed by atoms with Crippen molar-refractivity contribution in [3.8, 4) is 0 Å². The standard InChI is InChI=1S/C14H14N2O2/c15-11-8-10-4-1-2-5-12(10)16(9-11)14(17)13-6-3-7-18-13/h1-7,11H,8-9,15H2. The van der Waals surface area contributed by atoms with Crippen molar-refractivity contribution < 1.29 is 9.21 Å². The second-order valence-corrected chi connectivity index (χ2v) is 4.49. The number of carbonyl (C=O) groups excluding carboxylic acids is 1. The highest BCUT2D eigenvalue weighted by Crippen LogP contribution is 2.27. The third-order valence-electron chi connectivity index (χ3n) is 3.16. The Morgan fingerprint density at radius 2 is 2.11 bits per heavy atom. The van der Waals surface area contributed by atoms with Crippen LogP contribution in [0.15, 0.2) is 47.1 Å². The van der Waals surface area contributed by atoms with Crippen molar-refractivity contribution >= 4 is 11.6 Å². The first-order valence-corrected chi connectivity index (χ1v) is 5.94. The normalized spacial score (nSPS) is 18.5. The number of hydrogen-bond donors (Lipinski definition) is 1. The Morgan fingerprint density at radius 1 is 1.28 bits per heavy atom. The summed E-state index contributed by atoms with van der Waals surface area (Å²) in [6, 6.07) is 11.2. The number of para-hydroxylation sites is 1. The Hall–Kier alpha value is -2.07. The van der Waals surface area contributed by atoms with Gasteiger partial charge in [-0.15, -0.1) is 0 Å². The number of carbonyl (C=O) groups is 1. The van der Waals surface area contributed by atoms with E-state index in [0.29, 0.717) is 12.3 Å². The van der Waals surface area contributed by atoms with Gasteiger partial charge in [0.05, 0.1) is 6.26 Å². The highest BCUT2D eigenvalue weighted by atomic mass is 16.3. The molecule has 2 heterocycles. The van der Waals surface area contributed by atoms with Crippen LogP contribution in [-0.2, 0) is 6.42 Å². The van der Waals surface area contributed by atoms with Crippen LogP contribution in [-0.4, -0.2) is 18.5 Å². The van der Waals surface area contributed by atoms with Crippen LogP contribution in [0.1, 0.15) is 16.1 Å². The van der Waals surface area contributed by atoms with Crippen molar-refractivity contribution in [1.29, 1.82) is 0 Å². The summed E-state index contributed by atoms with van der Waals surface area (Å²) in [5.74, 6) is 0.210. The Bertz CT molecular complexity index is 563. The summed E-state index contributed by atoms with van der Waals surface area (Å²) in [5, 5.41) is 0. The average Bonchev–Trinajstić information content (AvgIpc) is 2.90. The molecule has 1 aromatic heterocycles. The SMILES string of the molecule is NC1Cc2ccccc2N(C(=O)c2ccco2)C1. The minimum atomic E-state index is -0.136. The molecule has 0 aliphatic carbocycles. The fraction of sp³-hybridized carbons (Fsp3) is 0.214. The van der Waals surface area contributed by atoms with E-state index in [-0.39, 0.29) is 11.9 Å². The molecule has 4 heteroatoms. The number of nitrogens with two attached hydrogens (primary N) is 1. The predicted octanol–water partition coefficient (Wildman–Crippen LogP) is 1.81. The lowest BCUT2D eigenvalue weighted by atomic mass is 9.98. The first kappa shape index (κ1) is 11.0. The van der Waals surface area contributed by atoms with Crippen molar-refractivity contribution in [1.82, 2.24) is 0 Å². The Labute approximate surface area is 105 Å². The van der Waals surface area contributed by atoms with Gasteiger partial charge in [-0.2, -0.15) is 0 Å². The van der Waals surface area contributed by atoms with Crippen LogP contribution in [0.25, 0.3) is 0 Å². The molecule has 2 N–H and O–H groups in total. The van der Waals surface area contributed by atoms with Gasteiger partial charge in [-0.1, -0.05) is 18.2 Å². The van der Waals surface area contributed by atoms with Gasteiger partial charge in [0.25, 0.3) is 5.91 Å². The second-order valence-electron chi connectivity index (χ2n) is 4.49. The fourth-order valence-electron chi connectivity index (χ4n) is 2.35. The molecule has 0 spiro atoms. The molecule has 2 aromatic rings. The Kier molecular flexibility index (Phi) is 2.64. The van der Waals surface area contributed by atoms with Crippen molar-refractivity contribution in [2.45, 2.75) is 12.5 Å². The quantitative estimate of drug-likeness (QED) is 0.829. The molecule has 1 unspecified atom stereocenters. The number of nitrogens with zero attached hydrogens (tertiary/aromatic N) is 1. The van der Waals surface area contributed by atoms with Crippen LogP contribution >= 0.6 is 0 Å². The zero-order valence-corrected chi connectivity index (χ0v) is 9.87.